The molecule has 0 bridgehead atoms. The summed E-state index contributed by atoms with van der Waals surface area (Å²) < 4.78 is 46.6. The zero-order chi connectivity index (χ0) is 23.4. The van der Waals surface area contributed by atoms with Gasteiger partial charge in [0.2, 0.25) is 5.88 Å². The lowest BCUT2D eigenvalue weighted by molar-refractivity contribution is -0.274. The number of ether oxygens (including phenoxy) is 2. The van der Waals surface area contributed by atoms with Gasteiger partial charge in [0.25, 0.3) is 5.91 Å². The van der Waals surface area contributed by atoms with Crippen LogP contribution in [0.15, 0.2) is 60.7 Å². The summed E-state index contributed by atoms with van der Waals surface area (Å²) in [4.78, 5) is 25.3. The van der Waals surface area contributed by atoms with Gasteiger partial charge in [0.1, 0.15) is 23.1 Å². The van der Waals surface area contributed by atoms with Gasteiger partial charge >= 0.3 is 6.36 Å². The number of benzene rings is 2. The van der Waals surface area contributed by atoms with Crippen LogP contribution in [0.2, 0.25) is 0 Å². The summed E-state index contributed by atoms with van der Waals surface area (Å²) in [5.41, 5.74) is 0.300. The molecule has 4 rings (SSSR count). The van der Waals surface area contributed by atoms with Crippen LogP contribution < -0.4 is 14.4 Å². The zero-order valence-electron chi connectivity index (χ0n) is 17.7. The van der Waals surface area contributed by atoms with Gasteiger partial charge < -0.3 is 19.3 Å². The highest BCUT2D eigenvalue weighted by Gasteiger charge is 2.31. The largest absolute Gasteiger partial charge is 0.573 e. The van der Waals surface area contributed by atoms with E-state index in [1.165, 1.54) is 12.1 Å². The molecule has 172 valence electrons. The van der Waals surface area contributed by atoms with E-state index < -0.39 is 6.36 Å². The molecule has 1 fully saturated rings. The Labute approximate surface area is 188 Å². The predicted molar refractivity (Wildman–Crippen MR) is 115 cm³/mol. The van der Waals surface area contributed by atoms with Crippen molar-refractivity contribution in [3.8, 4) is 17.4 Å². The van der Waals surface area contributed by atoms with Crippen LogP contribution in [0.4, 0.5) is 19.0 Å². The summed E-state index contributed by atoms with van der Waals surface area (Å²) in [5.74, 6) is 1.76. The average molecular weight is 458 g/mol. The molecule has 10 heteroatoms. The number of carbonyl (C=O) groups is 1. The molecule has 0 aliphatic carbocycles. The lowest BCUT2D eigenvalue weighted by Gasteiger charge is -2.35. The molecule has 1 aromatic heterocycles. The summed E-state index contributed by atoms with van der Waals surface area (Å²) in [6.07, 6.45) is -4.77. The van der Waals surface area contributed by atoms with Crippen LogP contribution in [0, 0.1) is 6.92 Å². The second-order valence-corrected chi connectivity index (χ2v) is 7.38. The molecule has 33 heavy (non-hydrogen) atoms. The summed E-state index contributed by atoms with van der Waals surface area (Å²) in [5, 5.41) is 0. The number of hydrogen-bond acceptors (Lipinski definition) is 6. The summed E-state index contributed by atoms with van der Waals surface area (Å²) in [6, 6.07) is 16.0. The first-order valence-corrected chi connectivity index (χ1v) is 10.3. The topological polar surface area (TPSA) is 67.8 Å². The van der Waals surface area contributed by atoms with Crippen molar-refractivity contribution >= 4 is 11.7 Å². The lowest BCUT2D eigenvalue weighted by Crippen LogP contribution is -2.49. The third-order valence-corrected chi connectivity index (χ3v) is 4.99. The maximum Gasteiger partial charge on any atom is 0.573 e. The number of carbonyl (C=O) groups excluding carboxylic acids is 1. The van der Waals surface area contributed by atoms with Crippen molar-refractivity contribution in [2.24, 2.45) is 0 Å². The van der Waals surface area contributed by atoms with Crippen molar-refractivity contribution in [1.82, 2.24) is 14.9 Å². The summed E-state index contributed by atoms with van der Waals surface area (Å²) >= 11 is 0. The van der Waals surface area contributed by atoms with E-state index in [0.717, 1.165) is 12.1 Å². The molecule has 2 heterocycles. The molecular weight excluding hydrogens is 437 g/mol. The Morgan fingerprint density at radius 3 is 2.21 bits per heavy atom. The molecule has 1 amide bonds. The highest BCUT2D eigenvalue weighted by atomic mass is 19.4. The van der Waals surface area contributed by atoms with E-state index in [4.69, 9.17) is 4.74 Å². The van der Waals surface area contributed by atoms with Gasteiger partial charge in [0.15, 0.2) is 0 Å². The first-order chi connectivity index (χ1) is 15.8. The number of rotatable bonds is 5. The van der Waals surface area contributed by atoms with Crippen LogP contribution >= 0.6 is 0 Å². The second kappa shape index (κ2) is 9.35. The van der Waals surface area contributed by atoms with E-state index in [0.29, 0.717) is 55.0 Å². The van der Waals surface area contributed by atoms with E-state index in [2.05, 4.69) is 14.7 Å². The number of hydrogen-bond donors (Lipinski definition) is 0. The number of anilines is 1. The van der Waals surface area contributed by atoms with E-state index in [-0.39, 0.29) is 11.7 Å². The van der Waals surface area contributed by atoms with Crippen LogP contribution in [-0.4, -0.2) is 53.3 Å². The van der Waals surface area contributed by atoms with Gasteiger partial charge in [0.05, 0.1) is 0 Å². The highest BCUT2D eigenvalue weighted by Crippen LogP contribution is 2.25. The number of aryl methyl sites for hydroxylation is 1. The lowest BCUT2D eigenvalue weighted by atomic mass is 10.1. The number of halogens is 3. The van der Waals surface area contributed by atoms with Crippen molar-refractivity contribution in [2.75, 3.05) is 31.1 Å². The summed E-state index contributed by atoms with van der Waals surface area (Å²) in [7, 11) is 0. The van der Waals surface area contributed by atoms with Gasteiger partial charge in [-0.1, -0.05) is 18.2 Å². The number of alkyl halides is 3. The SMILES string of the molecule is Cc1nc(Oc2ccccc2)cc(N2CCN(C(=O)c3ccc(OC(F)(F)F)cc3)CC2)n1. The molecule has 0 radical (unpaired) electrons. The first-order valence-electron chi connectivity index (χ1n) is 10.3. The maximum absolute atomic E-state index is 12.7. The number of aromatic nitrogens is 2. The monoisotopic (exact) mass is 458 g/mol. The van der Waals surface area contributed by atoms with Gasteiger partial charge in [0, 0.05) is 37.8 Å². The Bertz CT molecular complexity index is 1100. The molecule has 1 aliphatic heterocycles. The number of piperazine rings is 1. The fourth-order valence-electron chi connectivity index (χ4n) is 3.47. The fraction of sp³-hybridized carbons (Fsp3) is 0.261. The van der Waals surface area contributed by atoms with Crippen molar-refractivity contribution in [1.29, 1.82) is 0 Å². The molecule has 1 saturated heterocycles. The van der Waals surface area contributed by atoms with Crippen molar-refractivity contribution in [3.05, 3.63) is 72.1 Å². The maximum atomic E-state index is 12.7. The molecule has 0 saturated carbocycles. The van der Waals surface area contributed by atoms with Gasteiger partial charge in [-0.25, -0.2) is 4.98 Å². The third-order valence-electron chi connectivity index (χ3n) is 4.99. The van der Waals surface area contributed by atoms with E-state index in [1.54, 1.807) is 17.9 Å². The van der Waals surface area contributed by atoms with Crippen LogP contribution in [0.25, 0.3) is 0 Å². The molecule has 7 nitrogen and oxygen atoms in total. The van der Waals surface area contributed by atoms with E-state index >= 15 is 0 Å². The second-order valence-electron chi connectivity index (χ2n) is 7.38. The Morgan fingerprint density at radius 2 is 1.58 bits per heavy atom. The number of nitrogens with zero attached hydrogens (tertiary/aromatic N) is 4. The minimum Gasteiger partial charge on any atom is -0.439 e. The highest BCUT2D eigenvalue weighted by molar-refractivity contribution is 5.94. The number of para-hydroxylation sites is 1. The average Bonchev–Trinajstić information content (AvgIpc) is 2.78. The molecule has 0 N–H and O–H groups in total. The molecule has 1 aliphatic rings. The van der Waals surface area contributed by atoms with Crippen molar-refractivity contribution in [2.45, 2.75) is 13.3 Å². The normalized spacial score (nSPS) is 14.2. The van der Waals surface area contributed by atoms with Gasteiger partial charge in [-0.3, -0.25) is 4.79 Å². The Hall–Kier alpha value is -3.82. The predicted octanol–water partition coefficient (Wildman–Crippen LogP) is 4.44. The molecule has 0 spiro atoms. The first kappa shape index (κ1) is 22.4. The minimum absolute atomic E-state index is 0.250. The zero-order valence-corrected chi connectivity index (χ0v) is 17.7. The summed E-state index contributed by atoms with van der Waals surface area (Å²) in [6.45, 7) is 3.76. The van der Waals surface area contributed by atoms with E-state index in [1.807, 2.05) is 35.2 Å². The Kier molecular flexibility index (Phi) is 6.34. The minimum atomic E-state index is -4.77. The molecule has 0 unspecified atom stereocenters. The van der Waals surface area contributed by atoms with Crippen molar-refractivity contribution < 1.29 is 27.4 Å². The van der Waals surface area contributed by atoms with Crippen LogP contribution in [0.1, 0.15) is 16.2 Å². The Balaban J connectivity index is 1.38. The smallest absolute Gasteiger partial charge is 0.439 e. The van der Waals surface area contributed by atoms with Crippen LogP contribution in [0.5, 0.6) is 17.4 Å². The molecular formula is C23H21F3N4O3. The van der Waals surface area contributed by atoms with Gasteiger partial charge in [-0.05, 0) is 43.3 Å². The number of amides is 1. The molecule has 3 aromatic rings. The van der Waals surface area contributed by atoms with Gasteiger partial charge in [-0.2, -0.15) is 4.98 Å². The standard InChI is InChI=1S/C23H21F3N4O3/c1-16-27-20(15-21(28-16)32-18-5-3-2-4-6-18)29-11-13-30(14-12-29)22(31)17-7-9-19(10-8-17)33-23(24,25)26/h2-10,15H,11-14H2,1H3. The van der Waals surface area contributed by atoms with E-state index in [9.17, 15) is 18.0 Å². The van der Waals surface area contributed by atoms with Gasteiger partial charge in [-0.15, -0.1) is 13.2 Å². The van der Waals surface area contributed by atoms with Crippen LogP contribution in [0.3, 0.4) is 0 Å². The van der Waals surface area contributed by atoms with Crippen molar-refractivity contribution in [3.63, 3.8) is 0 Å². The fourth-order valence-corrected chi connectivity index (χ4v) is 3.47. The Morgan fingerprint density at radius 1 is 0.909 bits per heavy atom. The molecule has 2 aromatic carbocycles. The van der Waals surface area contributed by atoms with Crippen LogP contribution in [-0.2, 0) is 0 Å². The third kappa shape index (κ3) is 5.91. The quantitative estimate of drug-likeness (QED) is 0.563. The molecule has 0 atom stereocenters.